The molecule has 0 aliphatic carbocycles. The minimum Gasteiger partial charge on any atom is -0.394 e. The summed E-state index contributed by atoms with van der Waals surface area (Å²) in [7, 11) is 0. The van der Waals surface area contributed by atoms with Crippen LogP contribution in [0.1, 0.15) is 41.5 Å². The van der Waals surface area contributed by atoms with Gasteiger partial charge in [0.05, 0.1) is 64.6 Å². The molecular formula is C66H111N3O48. The zero-order chi connectivity index (χ0) is 86.1. The molecule has 10 heterocycles. The Labute approximate surface area is 663 Å². The van der Waals surface area contributed by atoms with Crippen molar-refractivity contribution in [2.45, 2.75) is 348 Å². The summed E-state index contributed by atoms with van der Waals surface area (Å²) in [5.41, 5.74) is 0. The second kappa shape index (κ2) is 41.2. The lowest BCUT2D eigenvalue weighted by atomic mass is 9.93. The predicted octanol–water partition coefficient (Wildman–Crippen LogP) is -19.3. The van der Waals surface area contributed by atoms with Crippen LogP contribution in [0.2, 0.25) is 0 Å². The van der Waals surface area contributed by atoms with Gasteiger partial charge in [0.1, 0.15) is 226 Å². The Kier molecular flexibility index (Phi) is 33.7. The minimum absolute atomic E-state index is 0.826. The molecule has 50 atom stereocenters. The Hall–Kier alpha value is -3.39. The van der Waals surface area contributed by atoms with Gasteiger partial charge in [0.25, 0.3) is 0 Å². The standard InChI is InChI=1S/C66H111N3O48/c1-14-30(78)39(87)45(93)60(101-14)100-13-26-51(37(85)27(57(98)104-26)67-17(4)75)111-58-28(68-18(5)76)38(86)50(23(10-73)108-58)112-64-49(97)54(36(84)25(110-64)12-99-61-46(94)42(90)33(81)20(7-70)105-61)115-66-55(43(91)34(82)22(9-72)107-66)116-59-29(69-19(6)77)53(114-62-47(95)40(88)31(79)15(2)102-62)52(24(11-74)109-59)113-65-56(44(92)35(83)21(8-71)106-65)117-63-48(96)41(89)32(80)16(3)103-63/h14-16,20-66,70-74,78-98H,7-13H2,1-6H3,(H,67,75)(H,68,76)(H,69,77)/t14-,15-,16-,20+,21+,22+,23+,24+,25+,26+,27+,28+,29+,30+,31+,32+,33+,34+,35-,36+,37+,38+,39+,40+,41+,42-,43-,44-,45-,46-,47-,48-,49-,50+,51+,52+,53+,54-,55-,56+,57+,58-,59-,60+,61-,62-,63-,64-,65-,66+/m0/s1. The second-order valence-electron chi connectivity index (χ2n) is 30.2. The van der Waals surface area contributed by atoms with E-state index in [0.717, 1.165) is 20.8 Å². The topological polar surface area (TPSA) is 789 Å². The van der Waals surface area contributed by atoms with Crippen molar-refractivity contribution >= 4 is 17.7 Å². The maximum atomic E-state index is 13.7. The monoisotopic (exact) mass is 1710 g/mol. The van der Waals surface area contributed by atoms with Crippen molar-refractivity contribution in [2.75, 3.05) is 46.2 Å². The molecule has 51 heteroatoms. The van der Waals surface area contributed by atoms with Crippen LogP contribution in [0.4, 0.5) is 0 Å². The molecule has 0 spiro atoms. The van der Waals surface area contributed by atoms with Crippen molar-refractivity contribution in [1.82, 2.24) is 16.0 Å². The van der Waals surface area contributed by atoms with E-state index in [4.69, 9.17) is 90.0 Å². The van der Waals surface area contributed by atoms with Crippen LogP contribution >= 0.6 is 0 Å². The van der Waals surface area contributed by atoms with Gasteiger partial charge in [-0.3, -0.25) is 14.4 Å². The molecule has 0 aromatic rings. The van der Waals surface area contributed by atoms with Crippen molar-refractivity contribution < 1.29 is 237 Å². The Morgan fingerprint density at radius 2 is 0.538 bits per heavy atom. The van der Waals surface area contributed by atoms with Crippen LogP contribution in [-0.4, -0.2) is 504 Å². The van der Waals surface area contributed by atoms with Crippen LogP contribution in [0.15, 0.2) is 0 Å². The molecule has 3 amide bonds. The molecule has 0 unspecified atom stereocenters. The average molecular weight is 1710 g/mol. The first-order chi connectivity index (χ1) is 55.2. The van der Waals surface area contributed by atoms with E-state index in [0.29, 0.717) is 0 Å². The number of hydrogen-bond donors (Lipinski definition) is 29. The Morgan fingerprint density at radius 1 is 0.239 bits per heavy atom. The third-order valence-electron chi connectivity index (χ3n) is 21.9. The van der Waals surface area contributed by atoms with E-state index >= 15 is 0 Å². The number of aliphatic hydroxyl groups excluding tert-OH is 26. The fourth-order valence-corrected chi connectivity index (χ4v) is 15.3. The lowest BCUT2D eigenvalue weighted by Crippen LogP contribution is -2.72. The number of amides is 3. The first kappa shape index (κ1) is 95.8. The van der Waals surface area contributed by atoms with Gasteiger partial charge in [-0.25, -0.2) is 0 Å². The van der Waals surface area contributed by atoms with E-state index in [1.165, 1.54) is 20.8 Å². The number of carbonyl (C=O) groups is 3. The minimum atomic E-state index is -2.57. The number of nitrogens with one attached hydrogen (secondary N) is 3. The van der Waals surface area contributed by atoms with Gasteiger partial charge in [-0.15, -0.1) is 0 Å². The van der Waals surface area contributed by atoms with Gasteiger partial charge in [-0.1, -0.05) is 0 Å². The summed E-state index contributed by atoms with van der Waals surface area (Å²) in [5.74, 6) is -2.83. The summed E-state index contributed by atoms with van der Waals surface area (Å²) in [6.45, 7) is -1.05. The summed E-state index contributed by atoms with van der Waals surface area (Å²) in [4.78, 5) is 39.2. The van der Waals surface area contributed by atoms with E-state index in [2.05, 4.69) is 16.0 Å². The first-order valence-corrected chi connectivity index (χ1v) is 37.7. The quantitative estimate of drug-likeness (QED) is 0.0346. The number of ether oxygens (including phenoxy) is 19. The summed E-state index contributed by atoms with van der Waals surface area (Å²) in [6, 6.07) is -5.81. The van der Waals surface area contributed by atoms with E-state index in [9.17, 15) is 147 Å². The van der Waals surface area contributed by atoms with Crippen molar-refractivity contribution in [2.24, 2.45) is 0 Å². The summed E-state index contributed by atoms with van der Waals surface area (Å²) < 4.78 is 114. The smallest absolute Gasteiger partial charge is 0.217 e. The molecule has 0 radical (unpaired) electrons. The van der Waals surface area contributed by atoms with Crippen LogP contribution < -0.4 is 16.0 Å². The third-order valence-corrected chi connectivity index (χ3v) is 21.9. The Morgan fingerprint density at radius 3 is 1.01 bits per heavy atom. The lowest BCUT2D eigenvalue weighted by Gasteiger charge is -2.52. The van der Waals surface area contributed by atoms with Crippen molar-refractivity contribution in [3.05, 3.63) is 0 Å². The molecule has 10 aliphatic rings. The van der Waals surface area contributed by atoms with Gasteiger partial charge in [0.15, 0.2) is 62.9 Å². The SMILES string of the molecule is CC(=O)N[C@@H]1[C@@H](O)[C@H](O[C@@H]2O[C@H](CO)[C@@H](O[C@@H]3O[C@H](CO[C@H]4O[C@H](CO)[C@@H](O)[C@H](O)[C@@H]4O)[C@@H](O)[C@H](O[C@H]4O[C@H](CO)[C@@H](O)[C@H](O)[C@@H]4O[C@@H]4O[C@H](CO)[C@@H](O[C@@H]5O[C@H](CO)[C@H](O)[C@H](O)[C@H]5O[C@@H]5O[C@@H](C)[C@@H](O)[C@@H](O)[C@@H]5O)[C@H](O[C@@H]5O[C@@H](C)[C@@H](O)[C@@H](O)[C@@H]5O)[C@H]4NC(C)=O)[C@@H]3O)[C@H](O)[C@H]2NC(C)=O)[C@@H](CO[C@@H]2O[C@@H](C)[C@@H](O)[C@@H](O)[C@@H]2O)O[C@H]1O. The molecule has 678 valence electrons. The van der Waals surface area contributed by atoms with Gasteiger partial charge in [-0.2, -0.15) is 0 Å². The zero-order valence-corrected chi connectivity index (χ0v) is 63.4. The Balaban J connectivity index is 0.985. The van der Waals surface area contributed by atoms with Gasteiger partial charge in [0.2, 0.25) is 17.7 Å². The highest BCUT2D eigenvalue weighted by Crippen LogP contribution is 2.41. The zero-order valence-electron chi connectivity index (χ0n) is 63.4. The molecule has 0 aromatic heterocycles. The lowest BCUT2D eigenvalue weighted by molar-refractivity contribution is -0.407. The number of hydrogen-bond acceptors (Lipinski definition) is 48. The molecule has 0 bridgehead atoms. The molecule has 0 aromatic carbocycles. The molecule has 117 heavy (non-hydrogen) atoms. The van der Waals surface area contributed by atoms with E-state index in [1.807, 2.05) is 0 Å². The average Bonchev–Trinajstić information content (AvgIpc) is 0.757. The number of aliphatic hydroxyl groups is 26. The van der Waals surface area contributed by atoms with Crippen LogP contribution in [0.5, 0.6) is 0 Å². The maximum absolute atomic E-state index is 13.7. The highest BCUT2D eigenvalue weighted by Gasteiger charge is 2.62. The number of carbonyl (C=O) groups excluding carboxylic acids is 3. The normalized spacial score (nSPS) is 51.4. The molecule has 0 saturated carbocycles. The number of rotatable bonds is 28. The molecule has 10 fully saturated rings. The highest BCUT2D eigenvalue weighted by atomic mass is 16.8. The van der Waals surface area contributed by atoms with Gasteiger partial charge in [0, 0.05) is 20.8 Å². The van der Waals surface area contributed by atoms with Gasteiger partial charge < -0.3 is 239 Å². The summed E-state index contributed by atoms with van der Waals surface area (Å²) in [6.07, 6.45) is -95.7. The fourth-order valence-electron chi connectivity index (χ4n) is 15.3. The molecule has 10 rings (SSSR count). The summed E-state index contributed by atoms with van der Waals surface area (Å²) in [5, 5.41) is 298. The molecular weight excluding hydrogens is 1600 g/mol. The molecule has 51 nitrogen and oxygen atoms in total. The van der Waals surface area contributed by atoms with Gasteiger partial charge >= 0.3 is 0 Å². The maximum Gasteiger partial charge on any atom is 0.217 e. The van der Waals surface area contributed by atoms with Crippen LogP contribution in [-0.2, 0) is 104 Å². The molecule has 10 aliphatic heterocycles. The predicted molar refractivity (Wildman–Crippen MR) is 360 cm³/mol. The van der Waals surface area contributed by atoms with Crippen LogP contribution in [0.25, 0.3) is 0 Å². The van der Waals surface area contributed by atoms with Crippen molar-refractivity contribution in [3.8, 4) is 0 Å². The fraction of sp³-hybridized carbons (Fsp3) is 0.955. The van der Waals surface area contributed by atoms with Gasteiger partial charge in [-0.05, 0) is 20.8 Å². The van der Waals surface area contributed by atoms with Crippen molar-refractivity contribution in [3.63, 3.8) is 0 Å². The van der Waals surface area contributed by atoms with Crippen molar-refractivity contribution in [1.29, 1.82) is 0 Å². The van der Waals surface area contributed by atoms with E-state index in [-0.39, 0.29) is 0 Å². The Bertz CT molecular complexity index is 3120. The molecule has 10 saturated heterocycles. The largest absolute Gasteiger partial charge is 0.394 e. The van der Waals surface area contributed by atoms with E-state index < -0.39 is 371 Å². The second-order valence-corrected chi connectivity index (χ2v) is 30.2. The molecule has 29 N–H and O–H groups in total. The summed E-state index contributed by atoms with van der Waals surface area (Å²) >= 11 is 0. The van der Waals surface area contributed by atoms with Crippen LogP contribution in [0, 0.1) is 0 Å². The highest BCUT2D eigenvalue weighted by molar-refractivity contribution is 5.74. The van der Waals surface area contributed by atoms with Crippen LogP contribution in [0.3, 0.4) is 0 Å². The third kappa shape index (κ3) is 20.9. The van der Waals surface area contributed by atoms with E-state index in [1.54, 1.807) is 0 Å². The first-order valence-electron chi connectivity index (χ1n) is 37.7.